The van der Waals surface area contributed by atoms with E-state index in [1.807, 2.05) is 0 Å². The van der Waals surface area contributed by atoms with Crippen molar-refractivity contribution < 1.29 is 17.9 Å². The van der Waals surface area contributed by atoms with E-state index in [1.165, 1.54) is 19.4 Å². The summed E-state index contributed by atoms with van der Waals surface area (Å²) in [5.74, 6) is -0.696. The van der Waals surface area contributed by atoms with Gasteiger partial charge in [-0.3, -0.25) is 0 Å². The first-order valence-electron chi connectivity index (χ1n) is 4.56. The highest BCUT2D eigenvalue weighted by Crippen LogP contribution is 2.12. The van der Waals surface area contributed by atoms with Crippen LogP contribution in [0.5, 0.6) is 0 Å². The van der Waals surface area contributed by atoms with Gasteiger partial charge in [-0.05, 0) is 12.1 Å². The molecule has 17 heavy (non-hydrogen) atoms. The zero-order valence-corrected chi connectivity index (χ0v) is 9.93. The topological polar surface area (TPSA) is 90.6 Å². The van der Waals surface area contributed by atoms with Crippen LogP contribution in [0.25, 0.3) is 5.52 Å². The molecule has 0 saturated carbocycles. The summed E-state index contributed by atoms with van der Waals surface area (Å²) in [5, 5.41) is 3.54. The van der Waals surface area contributed by atoms with E-state index in [4.69, 9.17) is 0 Å². The summed E-state index contributed by atoms with van der Waals surface area (Å²) in [6, 6.07) is 2.98. The van der Waals surface area contributed by atoms with E-state index in [0.717, 1.165) is 10.8 Å². The maximum absolute atomic E-state index is 11.5. The summed E-state index contributed by atoms with van der Waals surface area (Å²) >= 11 is 0. The van der Waals surface area contributed by atoms with Crippen LogP contribution in [0.1, 0.15) is 10.5 Å². The molecule has 2 aromatic rings. The van der Waals surface area contributed by atoms with Crippen LogP contribution in [-0.2, 0) is 14.6 Å². The standard InChI is InChI=1S/C9H9N3O4S/c1-16-8(13)7-5-6-3-4-10-12(6)9(11-7)17(2,14)15/h3-5H,1-2H3. The van der Waals surface area contributed by atoms with Crippen LogP contribution < -0.4 is 0 Å². The summed E-state index contributed by atoms with van der Waals surface area (Å²) in [4.78, 5) is 15.1. The Kier molecular flexibility index (Phi) is 2.58. The highest BCUT2D eigenvalue weighted by Gasteiger charge is 2.19. The largest absolute Gasteiger partial charge is 0.464 e. The molecule has 2 rings (SSSR count). The van der Waals surface area contributed by atoms with E-state index in [1.54, 1.807) is 6.07 Å². The van der Waals surface area contributed by atoms with Crippen LogP contribution in [-0.4, -0.2) is 42.4 Å². The van der Waals surface area contributed by atoms with Gasteiger partial charge in [-0.25, -0.2) is 22.7 Å². The lowest BCUT2D eigenvalue weighted by Crippen LogP contribution is -2.14. The van der Waals surface area contributed by atoms with E-state index < -0.39 is 15.8 Å². The van der Waals surface area contributed by atoms with Gasteiger partial charge in [-0.1, -0.05) is 0 Å². The Hall–Kier alpha value is -1.96. The van der Waals surface area contributed by atoms with Gasteiger partial charge in [0.05, 0.1) is 18.8 Å². The molecular weight excluding hydrogens is 246 g/mol. The number of nitrogens with zero attached hydrogens (tertiary/aromatic N) is 3. The number of sulfone groups is 1. The van der Waals surface area contributed by atoms with Gasteiger partial charge in [0.2, 0.25) is 15.0 Å². The normalized spacial score (nSPS) is 11.6. The Morgan fingerprint density at radius 1 is 1.47 bits per heavy atom. The number of rotatable bonds is 2. The zero-order chi connectivity index (χ0) is 12.6. The average molecular weight is 255 g/mol. The molecular formula is C9H9N3O4S. The van der Waals surface area contributed by atoms with E-state index in [2.05, 4.69) is 14.8 Å². The van der Waals surface area contributed by atoms with Crippen LogP contribution in [0.2, 0.25) is 0 Å². The molecule has 0 fully saturated rings. The molecule has 0 aliphatic rings. The quantitative estimate of drug-likeness (QED) is 0.550. The summed E-state index contributed by atoms with van der Waals surface area (Å²) < 4.78 is 28.7. The monoisotopic (exact) mass is 255 g/mol. The molecule has 0 atom stereocenters. The molecule has 90 valence electrons. The van der Waals surface area contributed by atoms with Gasteiger partial charge in [0, 0.05) is 6.26 Å². The number of hydrogen-bond acceptors (Lipinski definition) is 6. The number of ether oxygens (including phenoxy) is 1. The third-order valence-electron chi connectivity index (χ3n) is 2.08. The number of methoxy groups -OCH3 is 1. The molecule has 0 aliphatic carbocycles. The highest BCUT2D eigenvalue weighted by atomic mass is 32.2. The van der Waals surface area contributed by atoms with Gasteiger partial charge >= 0.3 is 5.97 Å². The first-order chi connectivity index (χ1) is 7.93. The first kappa shape index (κ1) is 11.5. The molecule has 2 aromatic heterocycles. The Bertz CT molecular complexity index is 689. The van der Waals surface area contributed by atoms with Crippen LogP contribution in [0, 0.1) is 0 Å². The van der Waals surface area contributed by atoms with Crippen molar-refractivity contribution in [3.63, 3.8) is 0 Å². The summed E-state index contributed by atoms with van der Waals surface area (Å²) in [6.07, 6.45) is 2.42. The summed E-state index contributed by atoms with van der Waals surface area (Å²) in [5.41, 5.74) is 0.391. The van der Waals surface area contributed by atoms with Crippen molar-refractivity contribution in [2.75, 3.05) is 13.4 Å². The Balaban J connectivity index is 2.81. The third-order valence-corrected chi connectivity index (χ3v) is 3.01. The van der Waals surface area contributed by atoms with Crippen molar-refractivity contribution in [2.45, 2.75) is 5.16 Å². The van der Waals surface area contributed by atoms with E-state index in [0.29, 0.717) is 5.52 Å². The maximum atomic E-state index is 11.5. The molecule has 0 aliphatic heterocycles. The van der Waals surface area contributed by atoms with E-state index in [9.17, 15) is 13.2 Å². The van der Waals surface area contributed by atoms with Crippen LogP contribution >= 0.6 is 0 Å². The molecule has 7 nitrogen and oxygen atoms in total. The van der Waals surface area contributed by atoms with Gasteiger partial charge < -0.3 is 4.74 Å². The van der Waals surface area contributed by atoms with Gasteiger partial charge in [0.1, 0.15) is 0 Å². The van der Waals surface area contributed by atoms with Gasteiger partial charge in [0.15, 0.2) is 5.69 Å². The SMILES string of the molecule is COC(=O)c1cc2ccnn2c(S(C)(=O)=O)n1. The van der Waals surface area contributed by atoms with E-state index in [-0.39, 0.29) is 10.9 Å². The molecule has 0 amide bonds. The van der Waals surface area contributed by atoms with Crippen molar-refractivity contribution in [3.05, 3.63) is 24.0 Å². The number of esters is 1. The van der Waals surface area contributed by atoms with Crippen LogP contribution in [0.4, 0.5) is 0 Å². The van der Waals surface area contributed by atoms with E-state index >= 15 is 0 Å². The lowest BCUT2D eigenvalue weighted by molar-refractivity contribution is 0.0593. The first-order valence-corrected chi connectivity index (χ1v) is 6.46. The summed E-state index contributed by atoms with van der Waals surface area (Å²) in [6.45, 7) is 0. The minimum atomic E-state index is -3.58. The van der Waals surface area contributed by atoms with Crippen molar-refractivity contribution in [1.82, 2.24) is 14.6 Å². The van der Waals surface area contributed by atoms with Crippen molar-refractivity contribution in [2.24, 2.45) is 0 Å². The molecule has 8 heteroatoms. The molecule has 2 heterocycles. The number of fused-ring (bicyclic) bond motifs is 1. The Morgan fingerprint density at radius 2 is 2.18 bits per heavy atom. The number of aromatic nitrogens is 3. The van der Waals surface area contributed by atoms with Gasteiger partial charge in [0.25, 0.3) is 0 Å². The van der Waals surface area contributed by atoms with Gasteiger partial charge in [-0.2, -0.15) is 5.10 Å². The van der Waals surface area contributed by atoms with Crippen molar-refractivity contribution in [3.8, 4) is 0 Å². The second kappa shape index (κ2) is 3.81. The molecule has 0 unspecified atom stereocenters. The second-order valence-electron chi connectivity index (χ2n) is 3.36. The molecule has 0 bridgehead atoms. The fourth-order valence-electron chi connectivity index (χ4n) is 1.35. The van der Waals surface area contributed by atoms with Crippen LogP contribution in [0.15, 0.2) is 23.5 Å². The predicted molar refractivity (Wildman–Crippen MR) is 57.4 cm³/mol. The minimum absolute atomic E-state index is 0.0686. The number of carbonyl (C=O) groups is 1. The molecule has 0 N–H and O–H groups in total. The molecule has 0 aromatic carbocycles. The van der Waals surface area contributed by atoms with Crippen molar-refractivity contribution in [1.29, 1.82) is 0 Å². The Morgan fingerprint density at radius 3 is 2.76 bits per heavy atom. The molecule has 0 spiro atoms. The average Bonchev–Trinajstić information content (AvgIpc) is 2.72. The lowest BCUT2D eigenvalue weighted by atomic mass is 10.3. The second-order valence-corrected chi connectivity index (χ2v) is 5.27. The lowest BCUT2D eigenvalue weighted by Gasteiger charge is -2.04. The fourth-order valence-corrected chi connectivity index (χ4v) is 2.09. The van der Waals surface area contributed by atoms with Crippen molar-refractivity contribution >= 4 is 21.3 Å². The predicted octanol–water partition coefficient (Wildman–Crippen LogP) is -0.0806. The number of hydrogen-bond donors (Lipinski definition) is 0. The van der Waals surface area contributed by atoms with Crippen LogP contribution in [0.3, 0.4) is 0 Å². The molecule has 0 radical (unpaired) electrons. The highest BCUT2D eigenvalue weighted by molar-refractivity contribution is 7.90. The minimum Gasteiger partial charge on any atom is -0.464 e. The van der Waals surface area contributed by atoms with Gasteiger partial charge in [-0.15, -0.1) is 0 Å². The zero-order valence-electron chi connectivity index (χ0n) is 9.11. The fraction of sp³-hybridized carbons (Fsp3) is 0.222. The smallest absolute Gasteiger partial charge is 0.356 e. The summed E-state index contributed by atoms with van der Waals surface area (Å²) in [7, 11) is -2.38. The Labute approximate surface area is 97.0 Å². The molecule has 0 saturated heterocycles. The third kappa shape index (κ3) is 1.98. The number of carbonyl (C=O) groups excluding carboxylic acids is 1. The maximum Gasteiger partial charge on any atom is 0.356 e.